The molecule has 0 spiro atoms. The van der Waals surface area contributed by atoms with E-state index in [-0.39, 0.29) is 5.60 Å². The van der Waals surface area contributed by atoms with Gasteiger partial charge in [-0.25, -0.2) is 0 Å². The molecule has 0 unspecified atom stereocenters. The van der Waals surface area contributed by atoms with Gasteiger partial charge in [-0.05, 0) is 41.8 Å². The van der Waals surface area contributed by atoms with Crippen LogP contribution in [-0.2, 0) is 4.74 Å². The molecular formula is C9H21NO. The van der Waals surface area contributed by atoms with Gasteiger partial charge in [0.2, 0.25) is 0 Å². The van der Waals surface area contributed by atoms with Crippen molar-refractivity contribution in [2.45, 2.75) is 39.4 Å². The van der Waals surface area contributed by atoms with Gasteiger partial charge in [-0.15, -0.1) is 0 Å². The van der Waals surface area contributed by atoms with Crippen molar-refractivity contribution in [2.75, 3.05) is 20.6 Å². The summed E-state index contributed by atoms with van der Waals surface area (Å²) in [6.45, 7) is 9.33. The Kier molecular flexibility index (Phi) is 4.04. The Bertz CT molecular complexity index is 105. The summed E-state index contributed by atoms with van der Waals surface area (Å²) >= 11 is 0. The van der Waals surface area contributed by atoms with Gasteiger partial charge >= 0.3 is 0 Å². The molecule has 0 aromatic carbocycles. The van der Waals surface area contributed by atoms with Crippen LogP contribution in [0.25, 0.3) is 0 Å². The lowest BCUT2D eigenvalue weighted by molar-refractivity contribution is -0.0587. The van der Waals surface area contributed by atoms with Gasteiger partial charge < -0.3 is 9.64 Å². The third kappa shape index (κ3) is 7.82. The molecule has 2 nitrogen and oxygen atoms in total. The highest BCUT2D eigenvalue weighted by molar-refractivity contribution is 4.64. The molecule has 0 rings (SSSR count). The van der Waals surface area contributed by atoms with Gasteiger partial charge in [-0.3, -0.25) is 0 Å². The molecule has 0 radical (unpaired) electrons. The van der Waals surface area contributed by atoms with Gasteiger partial charge in [0, 0.05) is 6.54 Å². The maximum absolute atomic E-state index is 5.71. The van der Waals surface area contributed by atoms with E-state index in [1.165, 1.54) is 0 Å². The largest absolute Gasteiger partial charge is 0.372 e. The van der Waals surface area contributed by atoms with Crippen LogP contribution in [0.4, 0.5) is 0 Å². The third-order valence-electron chi connectivity index (χ3n) is 1.18. The van der Waals surface area contributed by atoms with Crippen LogP contribution in [0, 0.1) is 0 Å². The van der Waals surface area contributed by atoms with E-state index in [9.17, 15) is 0 Å². The van der Waals surface area contributed by atoms with Gasteiger partial charge in [0.1, 0.15) is 0 Å². The molecule has 0 saturated heterocycles. The molecule has 0 aliphatic heterocycles. The molecular weight excluding hydrogens is 138 g/mol. The normalized spacial score (nSPS) is 15.5. The molecule has 11 heavy (non-hydrogen) atoms. The fourth-order valence-corrected chi connectivity index (χ4v) is 1.16. The molecule has 0 aliphatic carbocycles. The molecule has 68 valence electrons. The summed E-state index contributed by atoms with van der Waals surface area (Å²) in [5, 5.41) is 0. The first-order chi connectivity index (χ1) is 4.81. The topological polar surface area (TPSA) is 12.5 Å². The first-order valence-corrected chi connectivity index (χ1v) is 4.14. The smallest absolute Gasteiger partial charge is 0.0680 e. The SMILES string of the molecule is C[C@@H](CN(C)C)OC(C)(C)C. The fraction of sp³-hybridized carbons (Fsp3) is 1.00. The Labute approximate surface area is 70.5 Å². The van der Waals surface area contributed by atoms with Crippen molar-refractivity contribution in [3.8, 4) is 0 Å². The molecule has 0 N–H and O–H groups in total. The number of rotatable bonds is 3. The predicted octanol–water partition coefficient (Wildman–Crippen LogP) is 1.75. The second-order valence-corrected chi connectivity index (χ2v) is 4.30. The minimum atomic E-state index is -0.0184. The Morgan fingerprint density at radius 2 is 1.73 bits per heavy atom. The van der Waals surface area contributed by atoms with Crippen molar-refractivity contribution in [2.24, 2.45) is 0 Å². The van der Waals surface area contributed by atoms with Gasteiger partial charge in [-0.1, -0.05) is 0 Å². The zero-order valence-electron chi connectivity index (χ0n) is 8.64. The van der Waals surface area contributed by atoms with Crippen molar-refractivity contribution >= 4 is 0 Å². The monoisotopic (exact) mass is 159 g/mol. The standard InChI is InChI=1S/C9H21NO/c1-8(7-10(5)6)11-9(2,3)4/h8H,7H2,1-6H3/t8-/m0/s1. The second-order valence-electron chi connectivity index (χ2n) is 4.30. The number of hydrogen-bond acceptors (Lipinski definition) is 2. The Morgan fingerprint density at radius 1 is 1.27 bits per heavy atom. The van der Waals surface area contributed by atoms with Crippen LogP contribution in [0.5, 0.6) is 0 Å². The molecule has 1 atom stereocenters. The van der Waals surface area contributed by atoms with Crippen molar-refractivity contribution in [3.05, 3.63) is 0 Å². The average molecular weight is 159 g/mol. The summed E-state index contributed by atoms with van der Waals surface area (Å²) in [5.41, 5.74) is -0.0184. The van der Waals surface area contributed by atoms with Crippen LogP contribution >= 0.6 is 0 Å². The highest BCUT2D eigenvalue weighted by Gasteiger charge is 2.14. The fourth-order valence-electron chi connectivity index (χ4n) is 1.16. The van der Waals surface area contributed by atoms with Crippen LogP contribution in [0.3, 0.4) is 0 Å². The van der Waals surface area contributed by atoms with Crippen molar-refractivity contribution < 1.29 is 4.74 Å². The quantitative estimate of drug-likeness (QED) is 0.622. The summed E-state index contributed by atoms with van der Waals surface area (Å²) < 4.78 is 5.71. The van der Waals surface area contributed by atoms with E-state index >= 15 is 0 Å². The van der Waals surface area contributed by atoms with E-state index in [1.54, 1.807) is 0 Å². The average Bonchev–Trinajstić information content (AvgIpc) is 1.53. The predicted molar refractivity (Wildman–Crippen MR) is 48.9 cm³/mol. The second kappa shape index (κ2) is 4.07. The zero-order valence-corrected chi connectivity index (χ0v) is 8.64. The summed E-state index contributed by atoms with van der Waals surface area (Å²) in [5.74, 6) is 0. The molecule has 0 saturated carbocycles. The van der Waals surface area contributed by atoms with Crippen LogP contribution in [-0.4, -0.2) is 37.2 Å². The minimum absolute atomic E-state index is 0.0184. The summed E-state index contributed by atoms with van der Waals surface area (Å²) in [6.07, 6.45) is 0.310. The highest BCUT2D eigenvalue weighted by atomic mass is 16.5. The van der Waals surface area contributed by atoms with E-state index in [0.717, 1.165) is 6.54 Å². The molecule has 0 aromatic heterocycles. The molecule has 0 aromatic rings. The first-order valence-electron chi connectivity index (χ1n) is 4.14. The van der Waals surface area contributed by atoms with E-state index in [2.05, 4.69) is 46.7 Å². The van der Waals surface area contributed by atoms with Crippen LogP contribution in [0.1, 0.15) is 27.7 Å². The lowest BCUT2D eigenvalue weighted by atomic mass is 10.2. The molecule has 0 fully saturated rings. The number of ether oxygens (including phenoxy) is 1. The lowest BCUT2D eigenvalue weighted by Crippen LogP contribution is -2.32. The number of likely N-dealkylation sites (N-methyl/N-ethyl adjacent to an activating group) is 1. The number of hydrogen-bond donors (Lipinski definition) is 0. The van der Waals surface area contributed by atoms with E-state index in [4.69, 9.17) is 4.74 Å². The van der Waals surface area contributed by atoms with Crippen LogP contribution in [0.15, 0.2) is 0 Å². The Balaban J connectivity index is 3.61. The third-order valence-corrected chi connectivity index (χ3v) is 1.18. The minimum Gasteiger partial charge on any atom is -0.372 e. The number of nitrogens with zero attached hydrogens (tertiary/aromatic N) is 1. The maximum atomic E-state index is 5.71. The summed E-state index contributed by atoms with van der Waals surface area (Å²) in [6, 6.07) is 0. The van der Waals surface area contributed by atoms with Gasteiger partial charge in [0.05, 0.1) is 11.7 Å². The van der Waals surface area contributed by atoms with E-state index in [0.29, 0.717) is 6.10 Å². The molecule has 0 aliphatic rings. The molecule has 0 bridgehead atoms. The van der Waals surface area contributed by atoms with Crippen molar-refractivity contribution in [1.29, 1.82) is 0 Å². The van der Waals surface area contributed by atoms with Crippen LogP contribution < -0.4 is 0 Å². The zero-order chi connectivity index (χ0) is 9.07. The summed E-state index contributed by atoms with van der Waals surface area (Å²) in [7, 11) is 4.12. The Morgan fingerprint density at radius 3 is 2.00 bits per heavy atom. The lowest BCUT2D eigenvalue weighted by Gasteiger charge is -2.26. The van der Waals surface area contributed by atoms with Gasteiger partial charge in [0.25, 0.3) is 0 Å². The van der Waals surface area contributed by atoms with Crippen LogP contribution in [0.2, 0.25) is 0 Å². The van der Waals surface area contributed by atoms with Gasteiger partial charge in [-0.2, -0.15) is 0 Å². The highest BCUT2D eigenvalue weighted by Crippen LogP contribution is 2.10. The summed E-state index contributed by atoms with van der Waals surface area (Å²) in [4.78, 5) is 2.14. The molecule has 2 heteroatoms. The van der Waals surface area contributed by atoms with Crippen molar-refractivity contribution in [3.63, 3.8) is 0 Å². The Hall–Kier alpha value is -0.0800. The maximum Gasteiger partial charge on any atom is 0.0680 e. The van der Waals surface area contributed by atoms with E-state index in [1.807, 2.05) is 0 Å². The van der Waals surface area contributed by atoms with Gasteiger partial charge in [0.15, 0.2) is 0 Å². The first kappa shape index (κ1) is 10.9. The molecule has 0 amide bonds. The molecule has 0 heterocycles. The van der Waals surface area contributed by atoms with E-state index < -0.39 is 0 Å². The van der Waals surface area contributed by atoms with Crippen molar-refractivity contribution in [1.82, 2.24) is 4.90 Å².